The van der Waals surface area contributed by atoms with Gasteiger partial charge in [-0.25, -0.2) is 0 Å². The summed E-state index contributed by atoms with van der Waals surface area (Å²) in [6.07, 6.45) is 3.45. The van der Waals surface area contributed by atoms with Crippen molar-refractivity contribution in [3.8, 4) is 0 Å². The maximum atomic E-state index is 6.07. The van der Waals surface area contributed by atoms with Gasteiger partial charge in [-0.05, 0) is 49.8 Å². The van der Waals surface area contributed by atoms with Crippen molar-refractivity contribution in [2.75, 3.05) is 13.2 Å². The number of benzene rings is 1. The summed E-state index contributed by atoms with van der Waals surface area (Å²) in [5.41, 5.74) is 2.74. The summed E-state index contributed by atoms with van der Waals surface area (Å²) in [4.78, 5) is 0. The molecule has 1 saturated heterocycles. The van der Waals surface area contributed by atoms with Gasteiger partial charge >= 0.3 is 0 Å². The van der Waals surface area contributed by atoms with Crippen LogP contribution < -0.4 is 5.32 Å². The summed E-state index contributed by atoms with van der Waals surface area (Å²) in [5, 5.41) is 3.64. The molecule has 2 nitrogen and oxygen atoms in total. The number of likely N-dealkylation sites (N-methyl/N-ethyl adjacent to an activating group) is 1. The van der Waals surface area contributed by atoms with Crippen molar-refractivity contribution in [2.24, 2.45) is 5.92 Å². The van der Waals surface area contributed by atoms with Crippen LogP contribution in [0.3, 0.4) is 0 Å². The molecule has 1 N–H and O–H groups in total. The van der Waals surface area contributed by atoms with Crippen molar-refractivity contribution in [2.45, 2.75) is 58.6 Å². The van der Waals surface area contributed by atoms with Crippen LogP contribution in [0.5, 0.6) is 0 Å². The molecule has 2 heteroatoms. The highest BCUT2D eigenvalue weighted by Gasteiger charge is 2.38. The molecular weight excluding hydrogens is 246 g/mol. The predicted octanol–water partition coefficient (Wildman–Crippen LogP) is 4.10. The van der Waals surface area contributed by atoms with E-state index >= 15 is 0 Å². The van der Waals surface area contributed by atoms with Gasteiger partial charge in [-0.2, -0.15) is 0 Å². The zero-order valence-corrected chi connectivity index (χ0v) is 13.4. The van der Waals surface area contributed by atoms with Crippen LogP contribution in [0.15, 0.2) is 24.3 Å². The molecule has 0 saturated carbocycles. The Labute approximate surface area is 123 Å². The van der Waals surface area contributed by atoms with Gasteiger partial charge < -0.3 is 10.1 Å². The fraction of sp³-hybridized carbons (Fsp3) is 0.667. The molecule has 2 atom stereocenters. The van der Waals surface area contributed by atoms with Gasteiger partial charge in [0.25, 0.3) is 0 Å². The van der Waals surface area contributed by atoms with E-state index < -0.39 is 0 Å². The van der Waals surface area contributed by atoms with Gasteiger partial charge in [0, 0.05) is 6.61 Å². The molecule has 2 unspecified atom stereocenters. The molecule has 0 aromatic heterocycles. The van der Waals surface area contributed by atoms with Gasteiger partial charge in [0.1, 0.15) is 0 Å². The standard InChI is InChI=1S/C18H29NO/c1-5-19-17(18(4)10-7-11-20-18)16-9-6-8-15(13-16)12-14(2)3/h6,8-9,13-14,17,19H,5,7,10-12H2,1-4H3. The minimum absolute atomic E-state index is 0.0630. The van der Waals surface area contributed by atoms with Crippen molar-refractivity contribution in [3.05, 3.63) is 35.4 Å². The van der Waals surface area contributed by atoms with E-state index in [0.29, 0.717) is 12.0 Å². The van der Waals surface area contributed by atoms with E-state index in [4.69, 9.17) is 4.74 Å². The summed E-state index contributed by atoms with van der Waals surface area (Å²) >= 11 is 0. The molecule has 1 aromatic rings. The van der Waals surface area contributed by atoms with E-state index in [-0.39, 0.29) is 5.60 Å². The molecule has 0 bridgehead atoms. The molecule has 2 rings (SSSR count). The Bertz CT molecular complexity index is 421. The molecule has 112 valence electrons. The second kappa shape index (κ2) is 6.73. The average molecular weight is 275 g/mol. The van der Waals surface area contributed by atoms with Crippen LogP contribution in [0, 0.1) is 5.92 Å². The Morgan fingerprint density at radius 2 is 2.15 bits per heavy atom. The molecule has 0 amide bonds. The van der Waals surface area contributed by atoms with Crippen LogP contribution in [-0.4, -0.2) is 18.8 Å². The number of hydrogen-bond donors (Lipinski definition) is 1. The van der Waals surface area contributed by atoms with Crippen molar-refractivity contribution in [3.63, 3.8) is 0 Å². The first-order valence-corrected chi connectivity index (χ1v) is 8.01. The zero-order chi connectivity index (χ0) is 14.6. The normalized spacial score (nSPS) is 24.2. The number of rotatable bonds is 6. The SMILES string of the molecule is CCNC(c1cccc(CC(C)C)c1)C1(C)CCCO1. The summed E-state index contributed by atoms with van der Waals surface area (Å²) in [6, 6.07) is 9.33. The largest absolute Gasteiger partial charge is 0.373 e. The van der Waals surface area contributed by atoms with Gasteiger partial charge in [-0.3, -0.25) is 0 Å². The molecule has 1 aliphatic rings. The fourth-order valence-corrected chi connectivity index (χ4v) is 3.29. The van der Waals surface area contributed by atoms with Crippen molar-refractivity contribution in [1.82, 2.24) is 5.32 Å². The fourth-order valence-electron chi connectivity index (χ4n) is 3.29. The van der Waals surface area contributed by atoms with E-state index in [1.807, 2.05) is 0 Å². The number of nitrogens with one attached hydrogen (secondary N) is 1. The number of ether oxygens (including phenoxy) is 1. The molecule has 1 heterocycles. The lowest BCUT2D eigenvalue weighted by molar-refractivity contribution is -0.0121. The number of hydrogen-bond acceptors (Lipinski definition) is 2. The van der Waals surface area contributed by atoms with E-state index in [1.165, 1.54) is 17.5 Å². The van der Waals surface area contributed by atoms with Crippen LogP contribution in [0.2, 0.25) is 0 Å². The van der Waals surface area contributed by atoms with Crippen molar-refractivity contribution >= 4 is 0 Å². The predicted molar refractivity (Wildman–Crippen MR) is 85.0 cm³/mol. The van der Waals surface area contributed by atoms with E-state index in [0.717, 1.165) is 26.0 Å². The maximum absolute atomic E-state index is 6.07. The molecule has 0 spiro atoms. The second-order valence-corrected chi connectivity index (χ2v) is 6.60. The molecule has 0 radical (unpaired) electrons. The Kier molecular flexibility index (Phi) is 5.22. The Hall–Kier alpha value is -0.860. The Balaban J connectivity index is 2.24. The lowest BCUT2D eigenvalue weighted by atomic mass is 9.86. The molecule has 1 aromatic carbocycles. The monoisotopic (exact) mass is 275 g/mol. The molecule has 1 aliphatic heterocycles. The van der Waals surface area contributed by atoms with Crippen molar-refractivity contribution < 1.29 is 4.74 Å². The quantitative estimate of drug-likeness (QED) is 0.843. The third kappa shape index (κ3) is 3.62. The Morgan fingerprint density at radius 3 is 2.75 bits per heavy atom. The topological polar surface area (TPSA) is 21.3 Å². The zero-order valence-electron chi connectivity index (χ0n) is 13.4. The van der Waals surface area contributed by atoms with E-state index in [1.54, 1.807) is 0 Å². The Morgan fingerprint density at radius 1 is 1.35 bits per heavy atom. The highest BCUT2D eigenvalue weighted by atomic mass is 16.5. The third-order valence-corrected chi connectivity index (χ3v) is 4.20. The molecule has 0 aliphatic carbocycles. The van der Waals surface area contributed by atoms with Crippen LogP contribution >= 0.6 is 0 Å². The van der Waals surface area contributed by atoms with E-state index in [2.05, 4.69) is 57.3 Å². The summed E-state index contributed by atoms with van der Waals surface area (Å²) in [7, 11) is 0. The minimum atomic E-state index is -0.0630. The highest BCUT2D eigenvalue weighted by Crippen LogP contribution is 2.37. The maximum Gasteiger partial charge on any atom is 0.0849 e. The lowest BCUT2D eigenvalue weighted by Crippen LogP contribution is -2.41. The first-order valence-electron chi connectivity index (χ1n) is 8.01. The van der Waals surface area contributed by atoms with Crippen LogP contribution in [0.1, 0.15) is 57.7 Å². The van der Waals surface area contributed by atoms with E-state index in [9.17, 15) is 0 Å². The molecular formula is C18H29NO. The summed E-state index contributed by atoms with van der Waals surface area (Å²) in [6.45, 7) is 10.8. The molecule has 1 fully saturated rings. The van der Waals surface area contributed by atoms with Crippen LogP contribution in [0.4, 0.5) is 0 Å². The summed E-state index contributed by atoms with van der Waals surface area (Å²) < 4.78 is 6.07. The van der Waals surface area contributed by atoms with Gasteiger partial charge in [0.15, 0.2) is 0 Å². The average Bonchev–Trinajstić information content (AvgIpc) is 2.83. The first-order chi connectivity index (χ1) is 9.55. The van der Waals surface area contributed by atoms with Crippen molar-refractivity contribution in [1.29, 1.82) is 0 Å². The van der Waals surface area contributed by atoms with Crippen LogP contribution in [-0.2, 0) is 11.2 Å². The van der Waals surface area contributed by atoms with Crippen LogP contribution in [0.25, 0.3) is 0 Å². The van der Waals surface area contributed by atoms with Gasteiger partial charge in [-0.15, -0.1) is 0 Å². The minimum Gasteiger partial charge on any atom is -0.373 e. The molecule has 20 heavy (non-hydrogen) atoms. The van der Waals surface area contributed by atoms with Gasteiger partial charge in [0.05, 0.1) is 11.6 Å². The first kappa shape index (κ1) is 15.5. The summed E-state index contributed by atoms with van der Waals surface area (Å²) in [5.74, 6) is 0.696. The highest BCUT2D eigenvalue weighted by molar-refractivity contribution is 5.28. The van der Waals surface area contributed by atoms with Gasteiger partial charge in [0.2, 0.25) is 0 Å². The lowest BCUT2D eigenvalue weighted by Gasteiger charge is -2.34. The third-order valence-electron chi connectivity index (χ3n) is 4.20. The van der Waals surface area contributed by atoms with Gasteiger partial charge in [-0.1, -0.05) is 45.0 Å². The second-order valence-electron chi connectivity index (χ2n) is 6.60. The smallest absolute Gasteiger partial charge is 0.0849 e.